The smallest absolute Gasteiger partial charge is 0.228 e. The van der Waals surface area contributed by atoms with Crippen LogP contribution in [0.4, 0.5) is 0 Å². The molecule has 0 radical (unpaired) electrons. The Hall–Kier alpha value is -1.16. The topological polar surface area (TPSA) is 46.1 Å². The molecule has 0 spiro atoms. The number of hydrogen-bond acceptors (Lipinski definition) is 3. The fourth-order valence-electron chi connectivity index (χ4n) is 2.28. The molecule has 1 amide bonds. The van der Waals surface area contributed by atoms with Gasteiger partial charge in [0, 0.05) is 24.4 Å². The normalized spacial score (nSPS) is 20.2. The molecule has 0 N–H and O–H groups in total. The van der Waals surface area contributed by atoms with Gasteiger partial charge in [-0.15, -0.1) is 0 Å². The summed E-state index contributed by atoms with van der Waals surface area (Å²) in [6.45, 7) is 6.57. The molecule has 1 saturated heterocycles. The summed E-state index contributed by atoms with van der Waals surface area (Å²) in [5.74, 6) is 0.145. The van der Waals surface area contributed by atoms with Crippen molar-refractivity contribution in [2.75, 3.05) is 6.54 Å². The van der Waals surface area contributed by atoms with E-state index >= 15 is 0 Å². The fourth-order valence-corrected chi connectivity index (χ4v) is 2.51. The summed E-state index contributed by atoms with van der Waals surface area (Å²) >= 11 is 6.08. The number of nitrogens with zero attached hydrogens (tertiary/aromatic N) is 3. The molecule has 1 aromatic heterocycles. The van der Waals surface area contributed by atoms with Gasteiger partial charge < -0.3 is 4.90 Å². The summed E-state index contributed by atoms with van der Waals surface area (Å²) in [5.41, 5.74) is 0.339. The molecule has 1 aliphatic heterocycles. The lowest BCUT2D eigenvalue weighted by Gasteiger charge is -2.30. The van der Waals surface area contributed by atoms with Gasteiger partial charge in [-0.25, -0.2) is 4.98 Å². The minimum atomic E-state index is -0.378. The molecule has 2 rings (SSSR count). The van der Waals surface area contributed by atoms with E-state index < -0.39 is 0 Å². The van der Waals surface area contributed by atoms with Crippen molar-refractivity contribution in [2.24, 2.45) is 5.41 Å². The van der Waals surface area contributed by atoms with E-state index in [1.165, 1.54) is 0 Å². The fraction of sp³-hybridized carbons (Fsp3) is 0.615. The maximum atomic E-state index is 12.4. The van der Waals surface area contributed by atoms with Gasteiger partial charge in [0.05, 0.1) is 6.04 Å². The summed E-state index contributed by atoms with van der Waals surface area (Å²) in [6, 6.07) is -0.0297. The highest BCUT2D eigenvalue weighted by atomic mass is 35.5. The molecule has 2 heterocycles. The van der Waals surface area contributed by atoms with E-state index in [1.54, 1.807) is 12.4 Å². The number of carbonyl (C=O) groups excluding carboxylic acids is 1. The van der Waals surface area contributed by atoms with E-state index in [-0.39, 0.29) is 17.4 Å². The molecule has 1 aromatic rings. The number of likely N-dealkylation sites (tertiary alicyclic amines) is 1. The summed E-state index contributed by atoms with van der Waals surface area (Å²) in [6.07, 6.45) is 5.08. The van der Waals surface area contributed by atoms with Crippen molar-refractivity contribution in [3.63, 3.8) is 0 Å². The lowest BCUT2D eigenvalue weighted by Crippen LogP contribution is -2.39. The number of halogens is 1. The van der Waals surface area contributed by atoms with Crippen molar-refractivity contribution in [2.45, 2.75) is 39.7 Å². The van der Waals surface area contributed by atoms with Crippen LogP contribution in [0, 0.1) is 5.41 Å². The molecule has 0 aliphatic carbocycles. The van der Waals surface area contributed by atoms with Crippen LogP contribution in [0.2, 0.25) is 5.15 Å². The Bertz CT molecular complexity index is 456. The van der Waals surface area contributed by atoms with Crippen LogP contribution >= 0.6 is 11.6 Å². The Morgan fingerprint density at radius 2 is 2.06 bits per heavy atom. The van der Waals surface area contributed by atoms with Crippen molar-refractivity contribution in [3.8, 4) is 0 Å². The summed E-state index contributed by atoms with van der Waals surface area (Å²) < 4.78 is 0. The van der Waals surface area contributed by atoms with Crippen molar-refractivity contribution in [1.29, 1.82) is 0 Å². The van der Waals surface area contributed by atoms with Crippen LogP contribution in [0.5, 0.6) is 0 Å². The Morgan fingerprint density at radius 3 is 2.67 bits per heavy atom. The molecular formula is C13H18ClN3O. The Balaban J connectivity index is 2.29. The minimum absolute atomic E-state index is 0.0297. The first-order valence-corrected chi connectivity index (χ1v) is 6.56. The van der Waals surface area contributed by atoms with Crippen LogP contribution in [0.15, 0.2) is 12.4 Å². The van der Waals surface area contributed by atoms with E-state index in [9.17, 15) is 4.79 Å². The van der Waals surface area contributed by atoms with Gasteiger partial charge in [0.15, 0.2) is 5.15 Å². The minimum Gasteiger partial charge on any atom is -0.334 e. The van der Waals surface area contributed by atoms with Crippen molar-refractivity contribution in [3.05, 3.63) is 23.2 Å². The van der Waals surface area contributed by atoms with Crippen LogP contribution in [-0.4, -0.2) is 27.3 Å². The van der Waals surface area contributed by atoms with E-state index in [4.69, 9.17) is 11.6 Å². The number of carbonyl (C=O) groups is 1. The molecular weight excluding hydrogens is 250 g/mol. The monoisotopic (exact) mass is 267 g/mol. The van der Waals surface area contributed by atoms with Crippen LogP contribution in [0.1, 0.15) is 45.3 Å². The van der Waals surface area contributed by atoms with Gasteiger partial charge in [0.2, 0.25) is 5.91 Å². The van der Waals surface area contributed by atoms with Crippen LogP contribution in [0.25, 0.3) is 0 Å². The first-order valence-electron chi connectivity index (χ1n) is 6.19. The van der Waals surface area contributed by atoms with Crippen molar-refractivity contribution < 1.29 is 4.79 Å². The maximum Gasteiger partial charge on any atom is 0.228 e. The van der Waals surface area contributed by atoms with E-state index in [0.29, 0.717) is 10.8 Å². The van der Waals surface area contributed by atoms with Gasteiger partial charge in [-0.1, -0.05) is 32.4 Å². The summed E-state index contributed by atoms with van der Waals surface area (Å²) in [4.78, 5) is 22.6. The highest BCUT2D eigenvalue weighted by Crippen LogP contribution is 2.36. The molecule has 4 nitrogen and oxygen atoms in total. The Kier molecular flexibility index (Phi) is 3.57. The molecule has 0 aromatic carbocycles. The Morgan fingerprint density at radius 1 is 1.39 bits per heavy atom. The highest BCUT2D eigenvalue weighted by Gasteiger charge is 2.37. The third-order valence-electron chi connectivity index (χ3n) is 3.15. The molecule has 1 aliphatic rings. The second-order valence-electron chi connectivity index (χ2n) is 5.64. The number of hydrogen-bond donors (Lipinski definition) is 0. The lowest BCUT2D eigenvalue weighted by atomic mass is 9.94. The van der Waals surface area contributed by atoms with Gasteiger partial charge in [0.1, 0.15) is 5.69 Å². The van der Waals surface area contributed by atoms with Gasteiger partial charge in [-0.3, -0.25) is 9.78 Å². The second kappa shape index (κ2) is 4.84. The molecule has 0 saturated carbocycles. The van der Waals surface area contributed by atoms with E-state index in [1.807, 2.05) is 25.7 Å². The van der Waals surface area contributed by atoms with Gasteiger partial charge >= 0.3 is 0 Å². The first kappa shape index (κ1) is 13.3. The maximum absolute atomic E-state index is 12.4. The summed E-state index contributed by atoms with van der Waals surface area (Å²) in [7, 11) is 0. The number of amides is 1. The van der Waals surface area contributed by atoms with Gasteiger partial charge in [0.25, 0.3) is 0 Å². The van der Waals surface area contributed by atoms with Crippen molar-refractivity contribution in [1.82, 2.24) is 14.9 Å². The zero-order valence-electron chi connectivity index (χ0n) is 11.0. The standard InChI is InChI=1S/C13H18ClN3O/c1-13(2,3)12(18)17-8-4-5-9(17)10-11(14)16-7-6-15-10/h6-7,9H,4-5,8H2,1-3H3/t9-/m1/s1. The second-order valence-corrected chi connectivity index (χ2v) is 6.00. The van der Waals surface area contributed by atoms with E-state index in [0.717, 1.165) is 19.4 Å². The lowest BCUT2D eigenvalue weighted by molar-refractivity contribution is -0.140. The molecule has 18 heavy (non-hydrogen) atoms. The average Bonchev–Trinajstić information content (AvgIpc) is 2.76. The third kappa shape index (κ3) is 2.48. The largest absolute Gasteiger partial charge is 0.334 e. The molecule has 0 bridgehead atoms. The number of rotatable bonds is 1. The molecule has 1 fully saturated rings. The molecule has 1 atom stereocenters. The van der Waals surface area contributed by atoms with Gasteiger partial charge in [-0.2, -0.15) is 0 Å². The van der Waals surface area contributed by atoms with Crippen molar-refractivity contribution >= 4 is 17.5 Å². The molecule has 5 heteroatoms. The average molecular weight is 268 g/mol. The third-order valence-corrected chi connectivity index (χ3v) is 3.44. The zero-order chi connectivity index (χ0) is 13.3. The van der Waals surface area contributed by atoms with Crippen LogP contribution < -0.4 is 0 Å². The molecule has 0 unspecified atom stereocenters. The van der Waals surface area contributed by atoms with Gasteiger partial charge in [-0.05, 0) is 12.8 Å². The molecule has 98 valence electrons. The first-order chi connectivity index (χ1) is 8.41. The number of aromatic nitrogens is 2. The summed E-state index contributed by atoms with van der Waals surface area (Å²) in [5, 5.41) is 0.399. The predicted octanol–water partition coefficient (Wildman–Crippen LogP) is 2.84. The zero-order valence-corrected chi connectivity index (χ0v) is 11.7. The van der Waals surface area contributed by atoms with E-state index in [2.05, 4.69) is 9.97 Å². The highest BCUT2D eigenvalue weighted by molar-refractivity contribution is 6.30. The Labute approximate surface area is 112 Å². The van der Waals surface area contributed by atoms with Crippen LogP contribution in [-0.2, 0) is 4.79 Å². The SMILES string of the molecule is CC(C)(C)C(=O)N1CCC[C@@H]1c1nccnc1Cl. The van der Waals surface area contributed by atoms with Crippen LogP contribution in [0.3, 0.4) is 0 Å². The predicted molar refractivity (Wildman–Crippen MR) is 70.2 cm³/mol. The quantitative estimate of drug-likeness (QED) is 0.786.